The van der Waals surface area contributed by atoms with E-state index in [1.165, 1.54) is 12.1 Å². The van der Waals surface area contributed by atoms with E-state index in [1.807, 2.05) is 29.2 Å². The zero-order chi connectivity index (χ0) is 18.8. The molecule has 138 valence electrons. The van der Waals surface area contributed by atoms with Crippen LogP contribution in [-0.4, -0.2) is 30.6 Å². The van der Waals surface area contributed by atoms with Gasteiger partial charge in [0.1, 0.15) is 11.6 Å². The number of nitrogens with one attached hydrogen (secondary N) is 1. The van der Waals surface area contributed by atoms with Crippen molar-refractivity contribution in [1.29, 1.82) is 0 Å². The van der Waals surface area contributed by atoms with Crippen LogP contribution in [0.1, 0.15) is 5.89 Å². The topological polar surface area (TPSA) is 67.6 Å². The predicted octanol–water partition coefficient (Wildman–Crippen LogP) is 2.99. The highest BCUT2D eigenvalue weighted by Gasteiger charge is 2.30. The summed E-state index contributed by atoms with van der Waals surface area (Å²) in [7, 11) is 1.58. The number of carbonyl (C=O) groups is 1. The first-order chi connectivity index (χ1) is 13.1. The third-order valence-electron chi connectivity index (χ3n) is 4.41. The number of amides is 1. The lowest BCUT2D eigenvalue weighted by molar-refractivity contribution is -0.127. The molecule has 1 atom stereocenters. The molecule has 0 bridgehead atoms. The third kappa shape index (κ3) is 3.48. The number of nitrogens with zero attached hydrogens (tertiary/aromatic N) is 2. The maximum absolute atomic E-state index is 13.1. The summed E-state index contributed by atoms with van der Waals surface area (Å²) in [6.07, 6.45) is 1.00. The molecule has 1 N–H and O–H groups in total. The maximum Gasteiger partial charge on any atom is 0.262 e. The van der Waals surface area contributed by atoms with Crippen LogP contribution in [0.15, 0.2) is 59.1 Å². The van der Waals surface area contributed by atoms with E-state index < -0.39 is 6.10 Å². The molecule has 0 unspecified atom stereocenters. The molecule has 1 amide bonds. The van der Waals surface area contributed by atoms with Gasteiger partial charge in [-0.15, -0.1) is 0 Å². The molecule has 7 heteroatoms. The van der Waals surface area contributed by atoms with Gasteiger partial charge in [-0.25, -0.2) is 9.37 Å². The second kappa shape index (κ2) is 7.11. The van der Waals surface area contributed by atoms with Crippen LogP contribution >= 0.6 is 0 Å². The van der Waals surface area contributed by atoms with E-state index in [0.717, 1.165) is 11.3 Å². The average molecular weight is 367 g/mol. The molecule has 1 aliphatic heterocycles. The fraction of sp³-hybridized carbons (Fsp3) is 0.200. The molecule has 6 nitrogen and oxygen atoms in total. The van der Waals surface area contributed by atoms with Gasteiger partial charge in [0.25, 0.3) is 5.91 Å². The first kappa shape index (κ1) is 17.1. The molecule has 1 aliphatic rings. The molecule has 0 aliphatic carbocycles. The molecule has 4 rings (SSSR count). The van der Waals surface area contributed by atoms with Gasteiger partial charge < -0.3 is 19.4 Å². The molecular formula is C20H18FN3O3. The molecule has 0 saturated carbocycles. The fourth-order valence-electron chi connectivity index (χ4n) is 3.05. The Kier molecular flexibility index (Phi) is 4.50. The fourth-order valence-corrected chi connectivity index (χ4v) is 3.05. The Bertz CT molecular complexity index is 955. The van der Waals surface area contributed by atoms with E-state index in [-0.39, 0.29) is 11.7 Å². The monoisotopic (exact) mass is 367 g/mol. The lowest BCUT2D eigenvalue weighted by Crippen LogP contribution is -2.47. The van der Waals surface area contributed by atoms with Crippen LogP contribution in [-0.2, 0) is 11.3 Å². The lowest BCUT2D eigenvalue weighted by atomic mass is 10.2. The highest BCUT2D eigenvalue weighted by molar-refractivity contribution is 5.83. The molecule has 2 aromatic carbocycles. The van der Waals surface area contributed by atoms with Crippen LogP contribution in [0.5, 0.6) is 5.75 Å². The number of halogens is 1. The minimum Gasteiger partial charge on any atom is -0.477 e. The van der Waals surface area contributed by atoms with Crippen molar-refractivity contribution < 1.29 is 18.3 Å². The SMILES string of the molecule is CNC(=O)[C@@H]1CN(Cc2ncc(-c3ccc(F)cc3)o2)c2ccccc2O1. The Morgan fingerprint density at radius 3 is 2.81 bits per heavy atom. The predicted molar refractivity (Wildman–Crippen MR) is 97.9 cm³/mol. The van der Waals surface area contributed by atoms with E-state index in [1.54, 1.807) is 25.4 Å². The number of benzene rings is 2. The Morgan fingerprint density at radius 1 is 1.26 bits per heavy atom. The van der Waals surface area contributed by atoms with Crippen molar-refractivity contribution in [3.05, 3.63) is 66.4 Å². The Morgan fingerprint density at radius 2 is 2.04 bits per heavy atom. The van der Waals surface area contributed by atoms with Crippen molar-refractivity contribution in [1.82, 2.24) is 10.3 Å². The zero-order valence-corrected chi connectivity index (χ0v) is 14.7. The Balaban J connectivity index is 1.58. The Labute approximate surface area is 155 Å². The molecule has 27 heavy (non-hydrogen) atoms. The second-order valence-electron chi connectivity index (χ2n) is 6.19. The quantitative estimate of drug-likeness (QED) is 0.768. The van der Waals surface area contributed by atoms with Crippen LogP contribution in [0.4, 0.5) is 10.1 Å². The van der Waals surface area contributed by atoms with Crippen LogP contribution in [0.2, 0.25) is 0 Å². The molecule has 0 spiro atoms. The van der Waals surface area contributed by atoms with Gasteiger partial charge in [-0.1, -0.05) is 12.1 Å². The lowest BCUT2D eigenvalue weighted by Gasteiger charge is -2.34. The summed E-state index contributed by atoms with van der Waals surface area (Å²) >= 11 is 0. The summed E-state index contributed by atoms with van der Waals surface area (Å²) in [5.41, 5.74) is 1.62. The molecule has 0 fully saturated rings. The van der Waals surface area contributed by atoms with Crippen molar-refractivity contribution in [3.63, 3.8) is 0 Å². The van der Waals surface area contributed by atoms with E-state index in [2.05, 4.69) is 10.3 Å². The van der Waals surface area contributed by atoms with Crippen LogP contribution in [0.3, 0.4) is 0 Å². The summed E-state index contributed by atoms with van der Waals surface area (Å²) in [4.78, 5) is 18.4. The standard InChI is InChI=1S/C20H18FN3O3/c1-22-20(25)18-11-24(15-4-2-3-5-16(15)26-18)12-19-23-10-17(27-19)13-6-8-14(21)9-7-13/h2-10,18H,11-12H2,1H3,(H,22,25)/t18-/m0/s1. The van der Waals surface area contributed by atoms with Crippen LogP contribution in [0, 0.1) is 5.82 Å². The van der Waals surface area contributed by atoms with Gasteiger partial charge in [-0.2, -0.15) is 0 Å². The van der Waals surface area contributed by atoms with Gasteiger partial charge in [0, 0.05) is 12.6 Å². The number of rotatable bonds is 4. The van der Waals surface area contributed by atoms with Crippen molar-refractivity contribution >= 4 is 11.6 Å². The number of hydrogen-bond acceptors (Lipinski definition) is 5. The van der Waals surface area contributed by atoms with Gasteiger partial charge in [-0.3, -0.25) is 4.79 Å². The number of oxazole rings is 1. The van der Waals surface area contributed by atoms with Crippen LogP contribution < -0.4 is 15.0 Å². The highest BCUT2D eigenvalue weighted by Crippen LogP contribution is 2.34. The number of aromatic nitrogens is 1. The third-order valence-corrected chi connectivity index (χ3v) is 4.41. The van der Waals surface area contributed by atoms with Crippen molar-refractivity contribution in [3.8, 4) is 17.1 Å². The van der Waals surface area contributed by atoms with E-state index in [9.17, 15) is 9.18 Å². The first-order valence-corrected chi connectivity index (χ1v) is 8.57. The summed E-state index contributed by atoms with van der Waals surface area (Å²) in [5, 5.41) is 2.62. The summed E-state index contributed by atoms with van der Waals surface area (Å²) in [6, 6.07) is 13.6. The molecule has 0 saturated heterocycles. The number of likely N-dealkylation sites (N-methyl/N-ethyl adjacent to an activating group) is 1. The largest absolute Gasteiger partial charge is 0.477 e. The maximum atomic E-state index is 13.1. The summed E-state index contributed by atoms with van der Waals surface area (Å²) in [6.45, 7) is 0.764. The number of anilines is 1. The number of fused-ring (bicyclic) bond motifs is 1. The van der Waals surface area contributed by atoms with Gasteiger partial charge >= 0.3 is 0 Å². The molecular weight excluding hydrogens is 349 g/mol. The van der Waals surface area contributed by atoms with Gasteiger partial charge in [0.05, 0.1) is 25.0 Å². The average Bonchev–Trinajstić information content (AvgIpc) is 3.16. The highest BCUT2D eigenvalue weighted by atomic mass is 19.1. The van der Waals surface area contributed by atoms with Crippen molar-refractivity contribution in [2.75, 3.05) is 18.5 Å². The number of para-hydroxylation sites is 2. The normalized spacial score (nSPS) is 15.8. The van der Waals surface area contributed by atoms with Gasteiger partial charge in [0.15, 0.2) is 11.9 Å². The minimum atomic E-state index is -0.614. The molecule has 3 aromatic rings. The molecule has 1 aromatic heterocycles. The van der Waals surface area contributed by atoms with E-state index >= 15 is 0 Å². The van der Waals surface area contributed by atoms with E-state index in [0.29, 0.717) is 30.5 Å². The number of carbonyl (C=O) groups excluding carboxylic acids is 1. The first-order valence-electron chi connectivity index (χ1n) is 8.57. The molecule has 0 radical (unpaired) electrons. The second-order valence-corrected chi connectivity index (χ2v) is 6.19. The molecule has 2 heterocycles. The summed E-state index contributed by atoms with van der Waals surface area (Å²) in [5.74, 6) is 1.22. The summed E-state index contributed by atoms with van der Waals surface area (Å²) < 4.78 is 24.7. The van der Waals surface area contributed by atoms with Crippen LogP contribution in [0.25, 0.3) is 11.3 Å². The van der Waals surface area contributed by atoms with Crippen molar-refractivity contribution in [2.24, 2.45) is 0 Å². The van der Waals surface area contributed by atoms with E-state index in [4.69, 9.17) is 9.15 Å². The number of ether oxygens (including phenoxy) is 1. The number of hydrogen-bond donors (Lipinski definition) is 1. The van der Waals surface area contributed by atoms with Gasteiger partial charge in [0.2, 0.25) is 5.89 Å². The Hall–Kier alpha value is -3.35. The van der Waals surface area contributed by atoms with Gasteiger partial charge in [-0.05, 0) is 36.4 Å². The zero-order valence-electron chi connectivity index (χ0n) is 14.7. The van der Waals surface area contributed by atoms with Crippen molar-refractivity contribution in [2.45, 2.75) is 12.6 Å². The minimum absolute atomic E-state index is 0.186. The smallest absolute Gasteiger partial charge is 0.262 e.